The molecule has 1 saturated heterocycles. The highest BCUT2D eigenvalue weighted by Crippen LogP contribution is 2.30. The fourth-order valence-electron chi connectivity index (χ4n) is 2.62. The zero-order valence-corrected chi connectivity index (χ0v) is 11.4. The van der Waals surface area contributed by atoms with E-state index in [1.54, 1.807) is 6.07 Å². The second kappa shape index (κ2) is 6.22. The number of aliphatic carboxylic acids is 1. The summed E-state index contributed by atoms with van der Waals surface area (Å²) < 4.78 is 0. The number of nitro groups is 1. The highest BCUT2D eigenvalue weighted by molar-refractivity contribution is 5.66. The molecule has 1 atom stereocenters. The van der Waals surface area contributed by atoms with Gasteiger partial charge in [0.2, 0.25) is 0 Å². The lowest BCUT2D eigenvalue weighted by molar-refractivity contribution is -0.384. The standard InChI is InChI=1S/C14H15N3O4/c15-8-11-7-12(17(20)21)2-3-13(11)16-6-5-10(9-16)1-4-14(18)19/h2-3,7,10H,1,4-6,9H2,(H,18,19). The van der Waals surface area contributed by atoms with Gasteiger partial charge < -0.3 is 10.0 Å². The van der Waals surface area contributed by atoms with E-state index in [9.17, 15) is 14.9 Å². The molecule has 0 bridgehead atoms. The highest BCUT2D eigenvalue weighted by atomic mass is 16.6. The molecule has 1 aromatic carbocycles. The minimum atomic E-state index is -0.804. The Morgan fingerprint density at radius 3 is 2.95 bits per heavy atom. The van der Waals surface area contributed by atoms with Gasteiger partial charge in [0.1, 0.15) is 6.07 Å². The molecule has 7 nitrogen and oxygen atoms in total. The third-order valence-corrected chi connectivity index (χ3v) is 3.70. The average Bonchev–Trinajstić information content (AvgIpc) is 2.93. The van der Waals surface area contributed by atoms with Crippen LogP contribution in [0, 0.1) is 27.4 Å². The second-order valence-electron chi connectivity index (χ2n) is 5.10. The Morgan fingerprint density at radius 2 is 2.33 bits per heavy atom. The molecule has 0 radical (unpaired) electrons. The Morgan fingerprint density at radius 1 is 1.57 bits per heavy atom. The predicted octanol–water partition coefficient (Wildman–Crippen LogP) is 2.16. The minimum absolute atomic E-state index is 0.100. The maximum absolute atomic E-state index is 10.7. The normalized spacial score (nSPS) is 17.5. The fraction of sp³-hybridized carbons (Fsp3) is 0.429. The van der Waals surface area contributed by atoms with Gasteiger partial charge in [-0.2, -0.15) is 5.26 Å². The Bertz CT molecular complexity index is 609. The maximum Gasteiger partial charge on any atom is 0.303 e. The van der Waals surface area contributed by atoms with E-state index in [1.165, 1.54) is 12.1 Å². The summed E-state index contributed by atoms with van der Waals surface area (Å²) in [5.74, 6) is -0.524. The quantitative estimate of drug-likeness (QED) is 0.657. The molecule has 0 saturated carbocycles. The first-order valence-corrected chi connectivity index (χ1v) is 6.66. The number of hydrogen-bond donors (Lipinski definition) is 1. The van der Waals surface area contributed by atoms with Crippen LogP contribution in [0.5, 0.6) is 0 Å². The summed E-state index contributed by atoms with van der Waals surface area (Å²) in [6.45, 7) is 1.41. The van der Waals surface area contributed by atoms with Gasteiger partial charge in [0, 0.05) is 31.6 Å². The Kier molecular flexibility index (Phi) is 4.38. The number of rotatable bonds is 5. The molecule has 0 aliphatic carbocycles. The molecule has 0 spiro atoms. The van der Waals surface area contributed by atoms with Gasteiger partial charge in [-0.3, -0.25) is 14.9 Å². The van der Waals surface area contributed by atoms with Crippen LogP contribution in [0.3, 0.4) is 0 Å². The smallest absolute Gasteiger partial charge is 0.303 e. The predicted molar refractivity (Wildman–Crippen MR) is 75.0 cm³/mol. The molecule has 7 heteroatoms. The van der Waals surface area contributed by atoms with Crippen LogP contribution in [0.25, 0.3) is 0 Å². The van der Waals surface area contributed by atoms with E-state index >= 15 is 0 Å². The van der Waals surface area contributed by atoms with Crippen LogP contribution in [0.15, 0.2) is 18.2 Å². The van der Waals surface area contributed by atoms with Crippen molar-refractivity contribution in [3.8, 4) is 6.07 Å². The van der Waals surface area contributed by atoms with Crippen molar-refractivity contribution in [2.45, 2.75) is 19.3 Å². The van der Waals surface area contributed by atoms with Crippen LogP contribution >= 0.6 is 0 Å². The largest absolute Gasteiger partial charge is 0.481 e. The van der Waals surface area contributed by atoms with E-state index in [0.29, 0.717) is 18.7 Å². The lowest BCUT2D eigenvalue weighted by Crippen LogP contribution is -2.21. The fourth-order valence-corrected chi connectivity index (χ4v) is 2.62. The Balaban J connectivity index is 2.11. The van der Waals surface area contributed by atoms with Crippen molar-refractivity contribution in [2.24, 2.45) is 5.92 Å². The van der Waals surface area contributed by atoms with Crippen LogP contribution in [0.4, 0.5) is 11.4 Å². The molecular weight excluding hydrogens is 274 g/mol. The maximum atomic E-state index is 10.7. The first-order chi connectivity index (χ1) is 10.0. The summed E-state index contributed by atoms with van der Waals surface area (Å²) >= 11 is 0. The molecule has 1 heterocycles. The van der Waals surface area contributed by atoms with E-state index in [2.05, 4.69) is 0 Å². The number of carbonyl (C=O) groups is 1. The molecule has 1 aromatic rings. The molecule has 1 aliphatic heterocycles. The van der Waals surface area contributed by atoms with Crippen molar-refractivity contribution >= 4 is 17.3 Å². The molecular formula is C14H15N3O4. The topological polar surface area (TPSA) is 107 Å². The zero-order valence-electron chi connectivity index (χ0n) is 11.4. The molecule has 110 valence electrons. The third-order valence-electron chi connectivity index (χ3n) is 3.70. The Hall–Kier alpha value is -2.62. The molecule has 0 aromatic heterocycles. The van der Waals surface area contributed by atoms with E-state index in [4.69, 9.17) is 10.4 Å². The van der Waals surface area contributed by atoms with Crippen molar-refractivity contribution < 1.29 is 14.8 Å². The molecule has 1 unspecified atom stereocenters. The SMILES string of the molecule is N#Cc1cc([N+](=O)[O-])ccc1N1CCC(CCC(=O)O)C1. The van der Waals surface area contributed by atoms with Gasteiger partial charge in [-0.15, -0.1) is 0 Å². The van der Waals surface area contributed by atoms with Crippen molar-refractivity contribution in [2.75, 3.05) is 18.0 Å². The second-order valence-corrected chi connectivity index (χ2v) is 5.10. The van der Waals surface area contributed by atoms with E-state index in [-0.39, 0.29) is 23.6 Å². The monoisotopic (exact) mass is 289 g/mol. The summed E-state index contributed by atoms with van der Waals surface area (Å²) in [6.07, 6.45) is 1.62. The molecule has 0 amide bonds. The number of anilines is 1. The first kappa shape index (κ1) is 14.8. The summed E-state index contributed by atoms with van der Waals surface area (Å²) in [5, 5.41) is 28.6. The minimum Gasteiger partial charge on any atom is -0.481 e. The van der Waals surface area contributed by atoms with Crippen LogP contribution in [-0.4, -0.2) is 29.1 Å². The van der Waals surface area contributed by atoms with Crippen LogP contribution in [0.2, 0.25) is 0 Å². The van der Waals surface area contributed by atoms with Crippen LogP contribution < -0.4 is 4.90 Å². The summed E-state index contributed by atoms with van der Waals surface area (Å²) in [6, 6.07) is 6.25. The zero-order chi connectivity index (χ0) is 15.4. The molecule has 1 fully saturated rings. The van der Waals surface area contributed by atoms with E-state index in [1.807, 2.05) is 11.0 Å². The number of nitrogens with zero attached hydrogens (tertiary/aromatic N) is 3. The number of carboxylic acid groups (broad SMARTS) is 1. The summed E-state index contributed by atoms with van der Waals surface area (Å²) in [7, 11) is 0. The number of benzene rings is 1. The van der Waals surface area contributed by atoms with Gasteiger partial charge >= 0.3 is 5.97 Å². The lowest BCUT2D eigenvalue weighted by Gasteiger charge is -2.19. The van der Waals surface area contributed by atoms with Crippen molar-refractivity contribution in [3.05, 3.63) is 33.9 Å². The highest BCUT2D eigenvalue weighted by Gasteiger charge is 2.25. The van der Waals surface area contributed by atoms with Crippen molar-refractivity contribution in [1.82, 2.24) is 0 Å². The van der Waals surface area contributed by atoms with Crippen LogP contribution in [0.1, 0.15) is 24.8 Å². The van der Waals surface area contributed by atoms with E-state index < -0.39 is 10.9 Å². The molecule has 1 aliphatic rings. The van der Waals surface area contributed by atoms with Gasteiger partial charge in [0.05, 0.1) is 16.2 Å². The van der Waals surface area contributed by atoms with Gasteiger partial charge in [-0.1, -0.05) is 0 Å². The third kappa shape index (κ3) is 3.48. The summed E-state index contributed by atoms with van der Waals surface area (Å²) in [5.41, 5.74) is 0.862. The van der Waals surface area contributed by atoms with Crippen molar-refractivity contribution in [1.29, 1.82) is 5.26 Å². The number of nitriles is 1. The van der Waals surface area contributed by atoms with Gasteiger partial charge in [-0.25, -0.2) is 0 Å². The number of carboxylic acids is 1. The van der Waals surface area contributed by atoms with Crippen molar-refractivity contribution in [3.63, 3.8) is 0 Å². The average molecular weight is 289 g/mol. The van der Waals surface area contributed by atoms with Crippen LogP contribution in [-0.2, 0) is 4.79 Å². The first-order valence-electron chi connectivity index (χ1n) is 6.66. The van der Waals surface area contributed by atoms with Gasteiger partial charge in [-0.05, 0) is 24.8 Å². The molecule has 1 N–H and O–H groups in total. The lowest BCUT2D eigenvalue weighted by atomic mass is 10.0. The number of hydrogen-bond acceptors (Lipinski definition) is 5. The molecule has 2 rings (SSSR count). The number of non-ortho nitro benzene ring substituents is 1. The van der Waals surface area contributed by atoms with E-state index in [0.717, 1.165) is 13.0 Å². The number of nitro benzene ring substituents is 1. The molecule has 21 heavy (non-hydrogen) atoms. The Labute approximate surface area is 121 Å². The summed E-state index contributed by atoms with van der Waals surface area (Å²) in [4.78, 5) is 22.8. The van der Waals surface area contributed by atoms with Gasteiger partial charge in [0.25, 0.3) is 5.69 Å². The van der Waals surface area contributed by atoms with Gasteiger partial charge in [0.15, 0.2) is 0 Å².